The molecule has 0 aromatic heterocycles. The smallest absolute Gasteiger partial charge is 0.221 e. The van der Waals surface area contributed by atoms with Gasteiger partial charge in [-0.25, -0.2) is 0 Å². The van der Waals surface area contributed by atoms with Gasteiger partial charge in [-0.3, -0.25) is 4.79 Å². The summed E-state index contributed by atoms with van der Waals surface area (Å²) in [6.07, 6.45) is -3.80. The van der Waals surface area contributed by atoms with E-state index in [1.807, 2.05) is 19.1 Å². The number of carbonyl (C=O) groups is 1. The van der Waals surface area contributed by atoms with Gasteiger partial charge in [-0.15, -0.1) is 10.2 Å². The first-order valence-corrected chi connectivity index (χ1v) is 10.4. The number of nitriles is 2. The van der Waals surface area contributed by atoms with Crippen molar-refractivity contribution in [2.45, 2.75) is 26.4 Å². The summed E-state index contributed by atoms with van der Waals surface area (Å²) in [6, 6.07) is 15.3. The minimum atomic E-state index is -1.90. The number of hydrogen-bond acceptors (Lipinski definition) is 10. The molecule has 5 N–H and O–H groups in total. The van der Waals surface area contributed by atoms with Crippen molar-refractivity contribution in [1.29, 1.82) is 10.5 Å². The van der Waals surface area contributed by atoms with Gasteiger partial charge in [0.25, 0.3) is 0 Å². The van der Waals surface area contributed by atoms with Gasteiger partial charge in [0.15, 0.2) is 12.6 Å². The molecule has 0 saturated carbocycles. The van der Waals surface area contributed by atoms with Crippen LogP contribution in [0.5, 0.6) is 11.5 Å². The molecule has 3 aromatic carbocycles. The molecule has 0 bridgehead atoms. The van der Waals surface area contributed by atoms with Crippen molar-refractivity contribution in [1.82, 2.24) is 0 Å². The van der Waals surface area contributed by atoms with E-state index in [1.54, 1.807) is 18.2 Å². The molecular weight excluding hydrogens is 466 g/mol. The highest BCUT2D eigenvalue weighted by Crippen LogP contribution is 2.35. The van der Waals surface area contributed by atoms with E-state index in [0.29, 0.717) is 11.4 Å². The van der Waals surface area contributed by atoms with E-state index in [-0.39, 0.29) is 45.3 Å². The number of nitrogens with zero attached hydrogens (tertiary/aromatic N) is 4. The number of aliphatic hydroxyl groups is 4. The molecule has 11 nitrogen and oxygen atoms in total. The number of aryl methyl sites for hydroxylation is 1. The Balaban J connectivity index is 2.02. The predicted molar refractivity (Wildman–Crippen MR) is 126 cm³/mol. The van der Waals surface area contributed by atoms with E-state index < -0.39 is 12.6 Å². The molecule has 0 aliphatic carbocycles. The molecule has 3 rings (SSSR count). The van der Waals surface area contributed by atoms with Crippen molar-refractivity contribution < 1.29 is 30.0 Å². The van der Waals surface area contributed by atoms with Gasteiger partial charge in [0.1, 0.15) is 35.0 Å². The molecular formula is C25H21N5O6. The fourth-order valence-corrected chi connectivity index (χ4v) is 3.21. The Bertz CT molecular complexity index is 1360. The second kappa shape index (κ2) is 11.2. The minimum absolute atomic E-state index is 0.00506. The lowest BCUT2D eigenvalue weighted by atomic mass is 10.1. The van der Waals surface area contributed by atoms with Crippen LogP contribution >= 0.6 is 0 Å². The summed E-state index contributed by atoms with van der Waals surface area (Å²) in [5.74, 6) is -0.256. The van der Waals surface area contributed by atoms with E-state index >= 15 is 0 Å². The van der Waals surface area contributed by atoms with Gasteiger partial charge in [0.2, 0.25) is 5.91 Å². The van der Waals surface area contributed by atoms with Gasteiger partial charge < -0.3 is 30.5 Å². The van der Waals surface area contributed by atoms with Crippen molar-refractivity contribution >= 4 is 23.0 Å². The maximum absolute atomic E-state index is 11.5. The summed E-state index contributed by atoms with van der Waals surface area (Å²) in [7, 11) is 0. The molecule has 182 valence electrons. The Morgan fingerprint density at radius 1 is 0.889 bits per heavy atom. The molecule has 0 heterocycles. The van der Waals surface area contributed by atoms with Crippen molar-refractivity contribution in [3.63, 3.8) is 0 Å². The van der Waals surface area contributed by atoms with Gasteiger partial charge in [0.05, 0.1) is 16.8 Å². The number of rotatable bonds is 7. The topological polar surface area (TPSA) is 192 Å². The Labute approximate surface area is 205 Å². The molecule has 0 unspecified atom stereocenters. The molecule has 0 saturated heterocycles. The lowest BCUT2D eigenvalue weighted by molar-refractivity contribution is -0.114. The third kappa shape index (κ3) is 6.27. The molecule has 0 atom stereocenters. The third-order valence-electron chi connectivity index (χ3n) is 4.83. The Morgan fingerprint density at radius 2 is 1.44 bits per heavy atom. The molecule has 0 fully saturated rings. The summed E-state index contributed by atoms with van der Waals surface area (Å²) in [5.41, 5.74) is 1.39. The summed E-state index contributed by atoms with van der Waals surface area (Å²) < 4.78 is 5.67. The molecule has 0 aliphatic rings. The Hall–Kier alpha value is -4.65. The first-order chi connectivity index (χ1) is 17.1. The number of azo groups is 1. The highest BCUT2D eigenvalue weighted by atomic mass is 16.5. The molecule has 0 radical (unpaired) electrons. The van der Waals surface area contributed by atoms with E-state index in [2.05, 4.69) is 15.5 Å². The maximum atomic E-state index is 11.5. The van der Waals surface area contributed by atoms with Gasteiger partial charge in [-0.2, -0.15) is 10.5 Å². The van der Waals surface area contributed by atoms with E-state index in [0.717, 1.165) is 5.56 Å². The molecule has 0 spiro atoms. The summed E-state index contributed by atoms with van der Waals surface area (Å²) in [5, 5.41) is 68.0. The fraction of sp³-hybridized carbons (Fsp3) is 0.160. The van der Waals surface area contributed by atoms with Crippen molar-refractivity contribution in [2.24, 2.45) is 10.2 Å². The SMILES string of the molecule is CC(=O)Nc1cc(C)ccc1N=Nc1c(C#N)cc(Oc2cc(C(O)O)cc(C(O)O)c2)cc1C#N. The number of anilines is 1. The number of ether oxygens (including phenoxy) is 1. The van der Waals surface area contributed by atoms with Crippen LogP contribution in [0.3, 0.4) is 0 Å². The Kier molecular flexibility index (Phi) is 8.07. The van der Waals surface area contributed by atoms with Crippen LogP contribution in [0.2, 0.25) is 0 Å². The predicted octanol–water partition coefficient (Wildman–Crippen LogP) is 3.87. The van der Waals surface area contributed by atoms with Gasteiger partial charge in [0, 0.05) is 30.2 Å². The molecule has 0 aliphatic heterocycles. The first-order valence-electron chi connectivity index (χ1n) is 10.4. The lowest BCUT2D eigenvalue weighted by Crippen LogP contribution is -2.05. The number of hydrogen-bond donors (Lipinski definition) is 5. The average Bonchev–Trinajstić information content (AvgIpc) is 2.82. The van der Waals surface area contributed by atoms with Crippen LogP contribution in [0.15, 0.2) is 58.8 Å². The van der Waals surface area contributed by atoms with Crippen molar-refractivity contribution in [2.75, 3.05) is 5.32 Å². The molecule has 3 aromatic rings. The normalized spacial score (nSPS) is 10.9. The lowest BCUT2D eigenvalue weighted by Gasteiger charge is -2.14. The van der Waals surface area contributed by atoms with Gasteiger partial charge in [-0.05, 0) is 42.8 Å². The zero-order valence-corrected chi connectivity index (χ0v) is 19.2. The molecule has 1 amide bonds. The Morgan fingerprint density at radius 3 is 1.94 bits per heavy atom. The van der Waals surface area contributed by atoms with Crippen LogP contribution in [0.25, 0.3) is 0 Å². The summed E-state index contributed by atoms with van der Waals surface area (Å²) >= 11 is 0. The van der Waals surface area contributed by atoms with Crippen molar-refractivity contribution in [3.8, 4) is 23.6 Å². The van der Waals surface area contributed by atoms with Crippen LogP contribution in [-0.2, 0) is 4.79 Å². The molecule has 11 heteroatoms. The average molecular weight is 487 g/mol. The highest BCUT2D eigenvalue weighted by molar-refractivity contribution is 5.92. The van der Waals surface area contributed by atoms with Gasteiger partial charge >= 0.3 is 0 Å². The van der Waals surface area contributed by atoms with Crippen LogP contribution in [-0.4, -0.2) is 26.3 Å². The maximum Gasteiger partial charge on any atom is 0.221 e. The third-order valence-corrected chi connectivity index (χ3v) is 4.83. The quantitative estimate of drug-likeness (QED) is 0.245. The number of nitrogens with one attached hydrogen (secondary N) is 1. The van der Waals surface area contributed by atoms with Crippen LogP contribution in [0, 0.1) is 29.6 Å². The van der Waals surface area contributed by atoms with Crippen LogP contribution < -0.4 is 10.1 Å². The first kappa shape index (κ1) is 26.0. The summed E-state index contributed by atoms with van der Waals surface area (Å²) in [6.45, 7) is 3.19. The van der Waals surface area contributed by atoms with E-state index in [1.165, 1.54) is 37.3 Å². The molecule has 36 heavy (non-hydrogen) atoms. The summed E-state index contributed by atoms with van der Waals surface area (Å²) in [4.78, 5) is 11.5. The van der Waals surface area contributed by atoms with E-state index in [9.17, 15) is 35.7 Å². The van der Waals surface area contributed by atoms with E-state index in [4.69, 9.17) is 4.74 Å². The standard InChI is InChI=1S/C25H21N5O6/c1-13-3-4-21(22(5-13)28-14(2)31)29-30-23-17(11-26)9-20(10-18(23)12-27)36-19-7-15(24(32)33)6-16(8-19)25(34)35/h3-10,24-25,32-35H,1-2H3,(H,28,31). The number of amides is 1. The minimum Gasteiger partial charge on any atom is -0.457 e. The second-order valence-electron chi connectivity index (χ2n) is 7.68. The largest absolute Gasteiger partial charge is 0.457 e. The van der Waals surface area contributed by atoms with Crippen LogP contribution in [0.4, 0.5) is 17.1 Å². The van der Waals surface area contributed by atoms with Crippen LogP contribution in [0.1, 0.15) is 47.3 Å². The highest BCUT2D eigenvalue weighted by Gasteiger charge is 2.16. The second-order valence-corrected chi connectivity index (χ2v) is 7.68. The number of aliphatic hydroxyl groups excluding tert-OH is 2. The zero-order chi connectivity index (χ0) is 26.4. The number of carbonyl (C=O) groups excluding carboxylic acids is 1. The fourth-order valence-electron chi connectivity index (χ4n) is 3.21. The van der Waals surface area contributed by atoms with Crippen molar-refractivity contribution in [3.05, 3.63) is 76.3 Å². The number of benzene rings is 3. The zero-order valence-electron chi connectivity index (χ0n) is 19.2. The van der Waals surface area contributed by atoms with Gasteiger partial charge in [-0.1, -0.05) is 6.07 Å². The monoisotopic (exact) mass is 487 g/mol.